The van der Waals surface area contributed by atoms with Crippen molar-refractivity contribution in [3.05, 3.63) is 47.5 Å². The van der Waals surface area contributed by atoms with Crippen molar-refractivity contribution in [2.24, 2.45) is 7.05 Å². The van der Waals surface area contributed by atoms with Crippen LogP contribution in [0.2, 0.25) is 0 Å². The van der Waals surface area contributed by atoms with Gasteiger partial charge in [0.25, 0.3) is 0 Å². The molecule has 21 heavy (non-hydrogen) atoms. The number of benzene rings is 1. The molecule has 0 aliphatic heterocycles. The molecule has 2 unspecified atom stereocenters. The molecular formula is C14H17F3N4. The van der Waals surface area contributed by atoms with Crippen LogP contribution in [-0.2, 0) is 13.2 Å². The summed E-state index contributed by atoms with van der Waals surface area (Å²) in [6, 6.07) is 4.91. The van der Waals surface area contributed by atoms with Crippen LogP contribution in [0.4, 0.5) is 13.2 Å². The molecule has 0 saturated carbocycles. The van der Waals surface area contributed by atoms with E-state index in [0.717, 1.165) is 6.07 Å². The summed E-state index contributed by atoms with van der Waals surface area (Å²) in [6.45, 7) is 3.55. The van der Waals surface area contributed by atoms with E-state index in [1.807, 2.05) is 6.92 Å². The van der Waals surface area contributed by atoms with Crippen molar-refractivity contribution in [3.63, 3.8) is 0 Å². The molecule has 7 heteroatoms. The first-order valence-electron chi connectivity index (χ1n) is 6.56. The third-order valence-electron chi connectivity index (χ3n) is 3.37. The van der Waals surface area contributed by atoms with Crippen molar-refractivity contribution in [2.45, 2.75) is 32.1 Å². The Morgan fingerprint density at radius 1 is 1.14 bits per heavy atom. The highest BCUT2D eigenvalue weighted by Crippen LogP contribution is 2.34. The summed E-state index contributed by atoms with van der Waals surface area (Å²) in [6.07, 6.45) is -2.80. The van der Waals surface area contributed by atoms with Crippen molar-refractivity contribution in [1.29, 1.82) is 0 Å². The molecule has 114 valence electrons. The predicted octanol–water partition coefficient (Wildman–Crippen LogP) is 3.25. The number of halogens is 3. The van der Waals surface area contributed by atoms with Crippen LogP contribution in [0.15, 0.2) is 30.6 Å². The van der Waals surface area contributed by atoms with Gasteiger partial charge in [0.2, 0.25) is 0 Å². The third-order valence-corrected chi connectivity index (χ3v) is 3.37. The van der Waals surface area contributed by atoms with E-state index in [1.54, 1.807) is 30.9 Å². The van der Waals surface area contributed by atoms with Crippen molar-refractivity contribution >= 4 is 0 Å². The monoisotopic (exact) mass is 298 g/mol. The smallest absolute Gasteiger partial charge is 0.319 e. The second-order valence-corrected chi connectivity index (χ2v) is 5.00. The summed E-state index contributed by atoms with van der Waals surface area (Å²) in [5.41, 5.74) is -0.394. The molecule has 0 aliphatic rings. The maximum absolute atomic E-state index is 13.0. The van der Waals surface area contributed by atoms with Gasteiger partial charge in [-0.05, 0) is 25.5 Å². The van der Waals surface area contributed by atoms with E-state index in [0.29, 0.717) is 5.82 Å². The second kappa shape index (κ2) is 5.85. The van der Waals surface area contributed by atoms with Crippen LogP contribution in [-0.4, -0.2) is 14.8 Å². The largest absolute Gasteiger partial charge is 0.416 e. The van der Waals surface area contributed by atoms with Crippen LogP contribution in [0, 0.1) is 0 Å². The molecule has 4 nitrogen and oxygen atoms in total. The molecular weight excluding hydrogens is 281 g/mol. The highest BCUT2D eigenvalue weighted by molar-refractivity contribution is 5.32. The molecule has 0 amide bonds. The van der Waals surface area contributed by atoms with Crippen molar-refractivity contribution in [3.8, 4) is 0 Å². The Morgan fingerprint density at radius 3 is 2.38 bits per heavy atom. The molecule has 2 rings (SSSR count). The highest BCUT2D eigenvalue weighted by Gasteiger charge is 2.34. The summed E-state index contributed by atoms with van der Waals surface area (Å²) in [7, 11) is 1.79. The fourth-order valence-electron chi connectivity index (χ4n) is 2.36. The quantitative estimate of drug-likeness (QED) is 0.942. The van der Waals surface area contributed by atoms with Gasteiger partial charge >= 0.3 is 6.18 Å². The second-order valence-electron chi connectivity index (χ2n) is 5.00. The van der Waals surface area contributed by atoms with E-state index in [4.69, 9.17) is 0 Å². The molecule has 2 atom stereocenters. The Hall–Kier alpha value is -1.89. The Labute approximate surface area is 121 Å². The van der Waals surface area contributed by atoms with E-state index in [1.165, 1.54) is 12.1 Å². The first-order chi connectivity index (χ1) is 9.80. The van der Waals surface area contributed by atoms with Gasteiger partial charge in [0.05, 0.1) is 11.6 Å². The number of nitrogens with zero attached hydrogens (tertiary/aromatic N) is 3. The average molecular weight is 298 g/mol. The number of aromatic nitrogens is 3. The molecule has 1 heterocycles. The van der Waals surface area contributed by atoms with Crippen molar-refractivity contribution in [1.82, 2.24) is 20.1 Å². The SMILES string of the molecule is CC(NC(C)c1nncn1C)c1ccccc1C(F)(F)F. The molecule has 0 saturated heterocycles. The fourth-order valence-corrected chi connectivity index (χ4v) is 2.36. The van der Waals surface area contributed by atoms with Gasteiger partial charge in [0.1, 0.15) is 12.2 Å². The molecule has 1 N–H and O–H groups in total. The van der Waals surface area contributed by atoms with Crippen LogP contribution in [0.5, 0.6) is 0 Å². The summed E-state index contributed by atoms with van der Waals surface area (Å²) in [4.78, 5) is 0. The van der Waals surface area contributed by atoms with Gasteiger partial charge in [0, 0.05) is 13.1 Å². The number of hydrogen-bond acceptors (Lipinski definition) is 3. The van der Waals surface area contributed by atoms with Gasteiger partial charge < -0.3 is 9.88 Å². The lowest BCUT2D eigenvalue weighted by Crippen LogP contribution is -2.26. The van der Waals surface area contributed by atoms with Gasteiger partial charge in [-0.1, -0.05) is 18.2 Å². The number of hydrogen-bond donors (Lipinski definition) is 1. The molecule has 0 aliphatic carbocycles. The predicted molar refractivity (Wildman–Crippen MR) is 72.4 cm³/mol. The van der Waals surface area contributed by atoms with Gasteiger partial charge in [0.15, 0.2) is 0 Å². The lowest BCUT2D eigenvalue weighted by atomic mass is 10.0. The summed E-state index contributed by atoms with van der Waals surface area (Å²) in [5, 5.41) is 10.9. The first kappa shape index (κ1) is 15.5. The average Bonchev–Trinajstić information content (AvgIpc) is 2.84. The van der Waals surface area contributed by atoms with Crippen LogP contribution in [0.1, 0.15) is 42.9 Å². The van der Waals surface area contributed by atoms with E-state index >= 15 is 0 Å². The standard InChI is InChI=1S/C14H17F3N4/c1-9(19-10(2)13-20-18-8-21(13)3)11-6-4-5-7-12(11)14(15,16)17/h4-10,19H,1-3H3. The fraction of sp³-hybridized carbons (Fsp3) is 0.429. The first-order valence-corrected chi connectivity index (χ1v) is 6.56. The van der Waals surface area contributed by atoms with E-state index < -0.39 is 17.8 Å². The van der Waals surface area contributed by atoms with E-state index in [2.05, 4.69) is 15.5 Å². The molecule has 0 radical (unpaired) electrons. The Morgan fingerprint density at radius 2 is 1.81 bits per heavy atom. The number of nitrogens with one attached hydrogen (secondary N) is 1. The highest BCUT2D eigenvalue weighted by atomic mass is 19.4. The summed E-state index contributed by atoms with van der Waals surface area (Å²) in [5.74, 6) is 0.673. The zero-order valence-electron chi connectivity index (χ0n) is 12.0. The zero-order valence-corrected chi connectivity index (χ0v) is 12.0. The van der Waals surface area contributed by atoms with Gasteiger partial charge in [-0.2, -0.15) is 13.2 Å². The summed E-state index contributed by atoms with van der Waals surface area (Å²) < 4.78 is 40.8. The maximum Gasteiger partial charge on any atom is 0.416 e. The third kappa shape index (κ3) is 3.41. The molecule has 1 aromatic heterocycles. The number of alkyl halides is 3. The minimum Gasteiger partial charge on any atom is -0.319 e. The topological polar surface area (TPSA) is 42.7 Å². The molecule has 2 aromatic rings. The minimum atomic E-state index is -4.36. The normalized spacial score (nSPS) is 15.0. The molecule has 1 aromatic carbocycles. The maximum atomic E-state index is 13.0. The number of rotatable bonds is 4. The Kier molecular flexibility index (Phi) is 4.32. The van der Waals surface area contributed by atoms with Crippen molar-refractivity contribution < 1.29 is 13.2 Å². The zero-order chi connectivity index (χ0) is 15.6. The van der Waals surface area contributed by atoms with E-state index in [-0.39, 0.29) is 11.6 Å². The van der Waals surface area contributed by atoms with Gasteiger partial charge in [-0.3, -0.25) is 0 Å². The van der Waals surface area contributed by atoms with Crippen LogP contribution < -0.4 is 5.32 Å². The van der Waals surface area contributed by atoms with Gasteiger partial charge in [-0.15, -0.1) is 10.2 Å². The Bertz CT molecular complexity index is 606. The minimum absolute atomic E-state index is 0.214. The summed E-state index contributed by atoms with van der Waals surface area (Å²) >= 11 is 0. The molecule has 0 bridgehead atoms. The molecule has 0 spiro atoms. The Balaban J connectivity index is 2.22. The van der Waals surface area contributed by atoms with Crippen molar-refractivity contribution in [2.75, 3.05) is 0 Å². The van der Waals surface area contributed by atoms with E-state index in [9.17, 15) is 13.2 Å². The molecule has 0 fully saturated rings. The van der Waals surface area contributed by atoms with Crippen LogP contribution >= 0.6 is 0 Å². The van der Waals surface area contributed by atoms with Crippen LogP contribution in [0.25, 0.3) is 0 Å². The van der Waals surface area contributed by atoms with Crippen LogP contribution in [0.3, 0.4) is 0 Å². The lowest BCUT2D eigenvalue weighted by molar-refractivity contribution is -0.138. The number of aryl methyl sites for hydroxylation is 1. The lowest BCUT2D eigenvalue weighted by Gasteiger charge is -2.22. The van der Waals surface area contributed by atoms with Gasteiger partial charge in [-0.25, -0.2) is 0 Å².